The van der Waals surface area contributed by atoms with Gasteiger partial charge in [0.15, 0.2) is 11.7 Å². The predicted molar refractivity (Wildman–Crippen MR) is 85.1 cm³/mol. The Kier molecular flexibility index (Phi) is 4.13. The van der Waals surface area contributed by atoms with Crippen molar-refractivity contribution in [2.24, 2.45) is 0 Å². The molecule has 1 aliphatic carbocycles. The van der Waals surface area contributed by atoms with E-state index in [1.807, 2.05) is 0 Å². The van der Waals surface area contributed by atoms with E-state index in [9.17, 15) is 17.6 Å². The van der Waals surface area contributed by atoms with Crippen LogP contribution < -0.4 is 4.74 Å². The number of rotatable bonds is 3. The van der Waals surface area contributed by atoms with Gasteiger partial charge in [-0.25, -0.2) is 0 Å². The lowest BCUT2D eigenvalue weighted by atomic mass is 9.86. The van der Waals surface area contributed by atoms with E-state index in [-0.39, 0.29) is 5.92 Å². The van der Waals surface area contributed by atoms with Crippen LogP contribution in [0.2, 0.25) is 0 Å². The first kappa shape index (κ1) is 16.9. The smallest absolute Gasteiger partial charge is 0.308 e. The molecular formula is C16H18FNO5S. The minimum Gasteiger partial charge on any atom is -0.424 e. The van der Waals surface area contributed by atoms with Crippen LogP contribution in [-0.4, -0.2) is 31.1 Å². The van der Waals surface area contributed by atoms with Crippen molar-refractivity contribution in [3.8, 4) is 5.75 Å². The van der Waals surface area contributed by atoms with Crippen LogP contribution in [0.25, 0.3) is 5.52 Å². The molecule has 130 valence electrons. The maximum atomic E-state index is 14.4. The molecule has 0 radical (unpaired) electrons. The summed E-state index contributed by atoms with van der Waals surface area (Å²) in [6, 6.07) is 4.51. The number of fused-ring (bicyclic) bond motifs is 3. The summed E-state index contributed by atoms with van der Waals surface area (Å²) >= 11 is 0. The molecule has 0 aromatic carbocycles. The Bertz CT molecular complexity index is 918. The van der Waals surface area contributed by atoms with E-state index in [2.05, 4.69) is 0 Å². The molecule has 0 spiro atoms. The fourth-order valence-electron chi connectivity index (χ4n) is 3.36. The second-order valence-corrected chi connectivity index (χ2v) is 7.62. The van der Waals surface area contributed by atoms with Crippen molar-refractivity contribution in [2.45, 2.75) is 38.7 Å². The van der Waals surface area contributed by atoms with Crippen molar-refractivity contribution in [1.82, 2.24) is 4.40 Å². The molecular weight excluding hydrogens is 337 g/mol. The van der Waals surface area contributed by atoms with Crippen LogP contribution in [0.4, 0.5) is 4.39 Å². The third-order valence-corrected chi connectivity index (χ3v) is 4.81. The van der Waals surface area contributed by atoms with Gasteiger partial charge >= 0.3 is 5.97 Å². The number of nitrogens with zero attached hydrogens (tertiary/aromatic N) is 1. The van der Waals surface area contributed by atoms with Crippen molar-refractivity contribution in [3.05, 3.63) is 35.4 Å². The molecule has 1 aliphatic rings. The molecule has 2 atom stereocenters. The highest BCUT2D eigenvalue weighted by atomic mass is 32.2. The molecule has 2 unspecified atom stereocenters. The van der Waals surface area contributed by atoms with Crippen LogP contribution in [0.5, 0.6) is 5.75 Å². The van der Waals surface area contributed by atoms with Gasteiger partial charge in [0, 0.05) is 24.1 Å². The van der Waals surface area contributed by atoms with Crippen LogP contribution >= 0.6 is 0 Å². The maximum absolute atomic E-state index is 14.4. The average Bonchev–Trinajstić information content (AvgIpc) is 2.76. The zero-order chi connectivity index (χ0) is 17.6. The Balaban J connectivity index is 2.20. The Hall–Kier alpha value is -1.93. The lowest BCUT2D eigenvalue weighted by Crippen LogP contribution is -2.29. The monoisotopic (exact) mass is 355 g/mol. The lowest BCUT2D eigenvalue weighted by molar-refractivity contribution is -0.131. The van der Waals surface area contributed by atoms with Gasteiger partial charge in [-0.15, -0.1) is 0 Å². The van der Waals surface area contributed by atoms with Crippen molar-refractivity contribution in [2.75, 3.05) is 6.26 Å². The number of hydrogen-bond acceptors (Lipinski definition) is 5. The van der Waals surface area contributed by atoms with E-state index in [4.69, 9.17) is 8.92 Å². The molecule has 3 rings (SSSR count). The van der Waals surface area contributed by atoms with Crippen molar-refractivity contribution in [3.63, 3.8) is 0 Å². The van der Waals surface area contributed by atoms with Crippen molar-refractivity contribution in [1.29, 1.82) is 0 Å². The molecule has 0 bridgehead atoms. The third kappa shape index (κ3) is 2.91. The van der Waals surface area contributed by atoms with Gasteiger partial charge in [0.2, 0.25) is 0 Å². The van der Waals surface area contributed by atoms with Gasteiger partial charge in [0.05, 0.1) is 17.9 Å². The van der Waals surface area contributed by atoms with E-state index in [0.29, 0.717) is 29.8 Å². The summed E-state index contributed by atoms with van der Waals surface area (Å²) in [5, 5.41) is 0. The highest BCUT2D eigenvalue weighted by Crippen LogP contribution is 2.43. The topological polar surface area (TPSA) is 74.1 Å². The van der Waals surface area contributed by atoms with Crippen molar-refractivity contribution >= 4 is 21.6 Å². The molecule has 0 fully saturated rings. The van der Waals surface area contributed by atoms with E-state index >= 15 is 0 Å². The first-order chi connectivity index (χ1) is 11.2. The van der Waals surface area contributed by atoms with Gasteiger partial charge in [0.1, 0.15) is 0 Å². The van der Waals surface area contributed by atoms with Gasteiger partial charge in [-0.3, -0.25) is 13.4 Å². The molecule has 6 nitrogen and oxygen atoms in total. The minimum absolute atomic E-state index is 0.335. The van der Waals surface area contributed by atoms with Gasteiger partial charge in [-0.2, -0.15) is 12.8 Å². The zero-order valence-corrected chi connectivity index (χ0v) is 14.4. The number of hydrogen-bond donors (Lipinski definition) is 0. The van der Waals surface area contributed by atoms with Crippen LogP contribution in [0.1, 0.15) is 37.4 Å². The SMILES string of the molecule is CC(=O)Oc1c2c(n3c(F)cccc13)C(C)C(OS(C)(=O)=O)CC2. The van der Waals surface area contributed by atoms with Crippen LogP contribution in [0, 0.1) is 5.95 Å². The third-order valence-electron chi connectivity index (χ3n) is 4.21. The number of ether oxygens (including phenoxy) is 1. The molecule has 2 aromatic heterocycles. The zero-order valence-electron chi connectivity index (χ0n) is 13.6. The summed E-state index contributed by atoms with van der Waals surface area (Å²) in [6.45, 7) is 3.07. The molecule has 0 saturated carbocycles. The Morgan fingerprint density at radius 3 is 2.71 bits per heavy atom. The number of carbonyl (C=O) groups excluding carboxylic acids is 1. The van der Waals surface area contributed by atoms with Gasteiger partial charge in [-0.05, 0) is 25.0 Å². The summed E-state index contributed by atoms with van der Waals surface area (Å²) in [5.74, 6) is -1.04. The molecule has 2 aromatic rings. The van der Waals surface area contributed by atoms with Crippen LogP contribution in [0.3, 0.4) is 0 Å². The number of esters is 1. The highest BCUT2D eigenvalue weighted by Gasteiger charge is 2.36. The van der Waals surface area contributed by atoms with E-state index in [1.54, 1.807) is 13.0 Å². The van der Waals surface area contributed by atoms with Gasteiger partial charge in [-0.1, -0.05) is 13.0 Å². The summed E-state index contributed by atoms with van der Waals surface area (Å²) in [7, 11) is -3.62. The van der Waals surface area contributed by atoms with Crippen LogP contribution in [0.15, 0.2) is 18.2 Å². The summed E-state index contributed by atoms with van der Waals surface area (Å²) < 4.78 is 49.2. The van der Waals surface area contributed by atoms with Gasteiger partial charge < -0.3 is 4.74 Å². The quantitative estimate of drug-likeness (QED) is 0.480. The molecule has 0 amide bonds. The van der Waals surface area contributed by atoms with Gasteiger partial charge in [0.25, 0.3) is 10.1 Å². The first-order valence-electron chi connectivity index (χ1n) is 7.57. The Labute approximate surface area is 139 Å². The number of carbonyl (C=O) groups is 1. The molecule has 24 heavy (non-hydrogen) atoms. The summed E-state index contributed by atoms with van der Waals surface area (Å²) in [4.78, 5) is 11.4. The molecule has 2 heterocycles. The Morgan fingerprint density at radius 1 is 1.38 bits per heavy atom. The van der Waals surface area contributed by atoms with E-state index in [0.717, 1.165) is 11.8 Å². The van der Waals surface area contributed by atoms with Crippen molar-refractivity contribution < 1.29 is 26.5 Å². The molecule has 0 N–H and O–H groups in total. The minimum atomic E-state index is -3.62. The largest absolute Gasteiger partial charge is 0.424 e. The average molecular weight is 355 g/mol. The van der Waals surface area contributed by atoms with Crippen LogP contribution in [-0.2, 0) is 25.5 Å². The lowest BCUT2D eigenvalue weighted by Gasteiger charge is -2.28. The first-order valence-corrected chi connectivity index (χ1v) is 9.39. The fourth-order valence-corrected chi connectivity index (χ4v) is 4.07. The predicted octanol–water partition coefficient (Wildman–Crippen LogP) is 2.40. The number of halogens is 1. The second-order valence-electron chi connectivity index (χ2n) is 6.02. The normalized spacial score (nSPS) is 20.8. The highest BCUT2D eigenvalue weighted by molar-refractivity contribution is 7.86. The number of aromatic nitrogens is 1. The molecule has 0 saturated heterocycles. The van der Waals surface area contributed by atoms with E-state index in [1.165, 1.54) is 23.5 Å². The fraction of sp³-hybridized carbons (Fsp3) is 0.438. The number of pyridine rings is 1. The molecule has 8 heteroatoms. The standard InChI is InChI=1S/C16H18FNO5S/c1-9-13(23-24(3,20)21)8-7-11-15(9)18-12(5-4-6-14(18)17)16(11)22-10(2)19/h4-6,9,13H,7-8H2,1-3H3. The van der Waals surface area contributed by atoms with E-state index < -0.39 is 28.1 Å². The second kappa shape index (κ2) is 5.86. The molecule has 0 aliphatic heterocycles. The summed E-state index contributed by atoms with van der Waals surface area (Å²) in [6.07, 6.45) is 1.28. The Morgan fingerprint density at radius 2 is 2.08 bits per heavy atom. The summed E-state index contributed by atoms with van der Waals surface area (Å²) in [5.41, 5.74) is 1.75. The maximum Gasteiger partial charge on any atom is 0.308 e.